The molecular formula is C117H120N6O26. The molecule has 18 aromatic rings. The lowest BCUT2D eigenvalue weighted by Crippen LogP contribution is -2.06. The molecule has 6 aromatic heterocycles. The van der Waals surface area contributed by atoms with Gasteiger partial charge in [0.1, 0.15) is 114 Å². The van der Waals surface area contributed by atoms with Gasteiger partial charge in [-0.1, -0.05) is 55.5 Å². The second-order valence-electron chi connectivity index (χ2n) is 34.6. The average Bonchev–Trinajstić information content (AvgIpc) is 1.70. The number of ether oxygens (including phenoxy) is 13. The molecule has 0 unspecified atom stereocenters. The maximum atomic E-state index is 11.0. The zero-order valence-corrected chi connectivity index (χ0v) is 83.8. The van der Waals surface area contributed by atoms with Crippen molar-refractivity contribution in [1.29, 1.82) is 0 Å². The van der Waals surface area contributed by atoms with Crippen LogP contribution >= 0.6 is 0 Å². The van der Waals surface area contributed by atoms with Crippen molar-refractivity contribution in [2.45, 2.75) is 139 Å². The first kappa shape index (κ1) is 108. The summed E-state index contributed by atoms with van der Waals surface area (Å²) in [6.07, 6.45) is 11.3. The molecule has 0 fully saturated rings. The second kappa shape index (κ2) is 54.1. The lowest BCUT2D eigenvalue weighted by atomic mass is 10.1. The number of aliphatic carboxylic acids is 6. The van der Waals surface area contributed by atoms with Gasteiger partial charge in [0.05, 0.1) is 91.9 Å². The van der Waals surface area contributed by atoms with Crippen molar-refractivity contribution >= 4 is 101 Å². The van der Waals surface area contributed by atoms with E-state index in [2.05, 4.69) is 36.8 Å². The van der Waals surface area contributed by atoms with Gasteiger partial charge < -0.3 is 127 Å². The molecule has 149 heavy (non-hydrogen) atoms. The van der Waals surface area contributed by atoms with Crippen LogP contribution in [0.3, 0.4) is 0 Å². The standard InChI is InChI=1S/C21H23NO5.2C20H21NO4.C19H19NO5.C19H19NO4.C18H17NO4/c1-3-25-17-7-14(8-18(10-17)26-4-2)13-27-16-5-6-20-19(11-16)15(12-22-20)9-21(23)24;1-13(2)25-17-5-3-4-14(8-17)12-24-16-6-7-19-18(10-16)15(11-21-19)9-20(22)23;1-2-8-24-16-5-3-4-14(9-16)13-25-17-6-7-19-18(11-17)15(12-21-19)10-20(22)23;1-24-16-5-12(10-21)4-13(6-16)11-25-15-2-3-18-17(8-15)14(9-20-18)7-19(22)23;1-2-23-15-5-3-4-13(8-15)12-24-16-6-7-18-17(10-16)14(11-20-18)9-19(21)22;1-22-14-4-2-3-12(7-14)11-23-15-5-6-17-16(9-15)13(10-19-17)8-18(20)21/h5-8,10-12,22H,3-4,9,13H2,1-2H3,(H,23,24);3-8,10-11,13,21H,9,12H2,1-2H3,(H,22,23);3-7,9,11-12,21H,2,8,10,13H2,1H3,(H,22,23);2-6,8-9,20-21H,7,10-11H2,1H3,(H,22,23);3-8,10-11,20H,2,9,12H2,1H3,(H,21,22);2-7,9-10,19H,8,11H2,1H3,(H,20,21). The highest BCUT2D eigenvalue weighted by molar-refractivity contribution is 5.93. The van der Waals surface area contributed by atoms with E-state index in [1.807, 2.05) is 271 Å². The van der Waals surface area contributed by atoms with E-state index >= 15 is 0 Å². The van der Waals surface area contributed by atoms with Gasteiger partial charge in [-0.2, -0.15) is 0 Å². The van der Waals surface area contributed by atoms with Crippen LogP contribution in [-0.2, 0) is 114 Å². The number of H-pyrrole nitrogens is 6. The number of hydrogen-bond donors (Lipinski definition) is 13. The SMILES string of the molecule is CC(C)Oc1cccc(COc2ccc3[nH]cc(CC(=O)O)c3c2)c1.CCCOc1cccc(COc2ccc3[nH]cc(CC(=O)O)c3c2)c1.CCOc1cc(COc2ccc3[nH]cc(CC(=O)O)c3c2)cc(OCC)c1.CCOc1cccc(COc2ccc3[nH]cc(CC(=O)O)c3c2)c1.COc1cc(CO)cc(COc2ccc3[nH]cc(CC(=O)O)c3c2)c1.COc1cccc(COc2ccc3[nH]cc(CC(=O)O)c3c2)c1. The maximum absolute atomic E-state index is 11.0. The van der Waals surface area contributed by atoms with Gasteiger partial charge in [0.25, 0.3) is 0 Å². The van der Waals surface area contributed by atoms with Crippen LogP contribution in [0.15, 0.2) is 280 Å². The molecule has 18 rings (SSSR count). The normalized spacial score (nSPS) is 10.8. The topological polar surface area (TPSA) is 459 Å². The third kappa shape index (κ3) is 32.8. The van der Waals surface area contributed by atoms with E-state index in [1.54, 1.807) is 57.5 Å². The summed E-state index contributed by atoms with van der Waals surface area (Å²) in [5.41, 5.74) is 16.4. The molecule has 0 radical (unpaired) electrons. The summed E-state index contributed by atoms with van der Waals surface area (Å²) in [4.78, 5) is 84.2. The molecule has 0 bridgehead atoms. The summed E-state index contributed by atoms with van der Waals surface area (Å²) in [6.45, 7) is 16.6. The minimum Gasteiger partial charge on any atom is -0.497 e. The summed E-state index contributed by atoms with van der Waals surface area (Å²) in [5, 5.41) is 68.5. The van der Waals surface area contributed by atoms with Crippen molar-refractivity contribution in [3.8, 4) is 74.7 Å². The molecule has 32 heteroatoms. The number of rotatable bonds is 44. The summed E-state index contributed by atoms with van der Waals surface area (Å²) in [5.74, 6) is 4.41. The summed E-state index contributed by atoms with van der Waals surface area (Å²) in [7, 11) is 3.20. The van der Waals surface area contributed by atoms with E-state index in [0.717, 1.165) is 179 Å². The average molecular weight is 2030 g/mol. The predicted octanol–water partition coefficient (Wildman–Crippen LogP) is 22.5. The van der Waals surface area contributed by atoms with Gasteiger partial charge in [0.15, 0.2) is 0 Å². The van der Waals surface area contributed by atoms with Crippen molar-refractivity contribution in [3.63, 3.8) is 0 Å². The monoisotopic (exact) mass is 2020 g/mol. The molecule has 0 aliphatic rings. The number of benzene rings is 12. The fourth-order valence-electron chi connectivity index (χ4n) is 16.2. The molecule has 0 amide bonds. The molecular weight excluding hydrogens is 1910 g/mol. The van der Waals surface area contributed by atoms with Crippen molar-refractivity contribution < 1.29 is 126 Å². The van der Waals surface area contributed by atoms with Crippen molar-refractivity contribution in [2.75, 3.05) is 40.6 Å². The van der Waals surface area contributed by atoms with Gasteiger partial charge in [0.2, 0.25) is 0 Å². The molecule has 0 aliphatic carbocycles. The van der Waals surface area contributed by atoms with E-state index in [0.29, 0.717) is 106 Å². The first-order valence-corrected chi connectivity index (χ1v) is 48.3. The Morgan fingerprint density at radius 3 is 0.758 bits per heavy atom. The van der Waals surface area contributed by atoms with Gasteiger partial charge in [0, 0.05) is 109 Å². The lowest BCUT2D eigenvalue weighted by molar-refractivity contribution is -0.137. The summed E-state index contributed by atoms with van der Waals surface area (Å²) in [6, 6.07) is 76.0. The number of hydrogen-bond acceptors (Lipinski definition) is 20. The van der Waals surface area contributed by atoms with Gasteiger partial charge in [-0.05, 0) is 301 Å². The zero-order valence-electron chi connectivity index (χ0n) is 83.8. The molecule has 0 saturated carbocycles. The van der Waals surface area contributed by atoms with E-state index < -0.39 is 35.8 Å². The number of aromatic nitrogens is 6. The first-order valence-electron chi connectivity index (χ1n) is 48.3. The Morgan fingerprint density at radius 2 is 0.483 bits per heavy atom. The molecule has 6 heterocycles. The fourth-order valence-corrected chi connectivity index (χ4v) is 16.2. The fraction of sp³-hybridized carbons (Fsp3) is 0.231. The molecule has 774 valence electrons. The third-order valence-electron chi connectivity index (χ3n) is 22.9. The lowest BCUT2D eigenvalue weighted by Gasteiger charge is -2.12. The number of fused-ring (bicyclic) bond motifs is 6. The Bertz CT molecular complexity index is 7500. The molecule has 0 saturated heterocycles. The molecule has 13 N–H and O–H groups in total. The number of nitrogens with one attached hydrogen (secondary N) is 6. The second-order valence-corrected chi connectivity index (χ2v) is 34.6. The Kier molecular flexibility index (Phi) is 39.3. The van der Waals surface area contributed by atoms with Crippen LogP contribution in [0.2, 0.25) is 0 Å². The van der Waals surface area contributed by atoms with Crippen LogP contribution in [0.25, 0.3) is 65.4 Å². The molecule has 12 aromatic carbocycles. The van der Waals surface area contributed by atoms with Crippen molar-refractivity contribution in [1.82, 2.24) is 29.9 Å². The van der Waals surface area contributed by atoms with E-state index in [9.17, 15) is 33.9 Å². The smallest absolute Gasteiger partial charge is 0.307 e. The van der Waals surface area contributed by atoms with E-state index in [1.165, 1.54) is 0 Å². The number of aromatic amines is 6. The summed E-state index contributed by atoms with van der Waals surface area (Å²) >= 11 is 0. The molecule has 32 nitrogen and oxygen atoms in total. The highest BCUT2D eigenvalue weighted by Gasteiger charge is 2.19. The van der Waals surface area contributed by atoms with E-state index in [-0.39, 0.29) is 51.2 Å². The Balaban J connectivity index is 0.000000149. The highest BCUT2D eigenvalue weighted by Crippen LogP contribution is 2.35. The van der Waals surface area contributed by atoms with Crippen LogP contribution in [0.1, 0.15) is 120 Å². The summed E-state index contributed by atoms with van der Waals surface area (Å²) < 4.78 is 73.6. The first-order chi connectivity index (χ1) is 72.1. The number of carboxylic acids is 6. The largest absolute Gasteiger partial charge is 0.497 e. The molecule has 0 spiro atoms. The van der Waals surface area contributed by atoms with Gasteiger partial charge in [-0.3, -0.25) is 28.8 Å². The van der Waals surface area contributed by atoms with Crippen LogP contribution < -0.4 is 61.6 Å². The van der Waals surface area contributed by atoms with Crippen molar-refractivity contribution in [3.05, 3.63) is 352 Å². The van der Waals surface area contributed by atoms with Gasteiger partial charge in [-0.25, -0.2) is 0 Å². The maximum Gasteiger partial charge on any atom is 0.307 e. The van der Waals surface area contributed by atoms with Crippen LogP contribution in [0.4, 0.5) is 0 Å². The minimum atomic E-state index is -0.875. The number of carbonyl (C=O) groups is 6. The van der Waals surface area contributed by atoms with Crippen molar-refractivity contribution in [2.24, 2.45) is 0 Å². The molecule has 0 atom stereocenters. The number of aliphatic hydroxyl groups excluding tert-OH is 1. The number of carboxylic acid groups (broad SMARTS) is 6. The van der Waals surface area contributed by atoms with Gasteiger partial charge in [-0.15, -0.1) is 0 Å². The van der Waals surface area contributed by atoms with Crippen LogP contribution in [0, 0.1) is 0 Å². The van der Waals surface area contributed by atoms with E-state index in [4.69, 9.17) is 92.2 Å². The van der Waals surface area contributed by atoms with Gasteiger partial charge >= 0.3 is 35.8 Å². The Hall–Kier alpha value is -17.9. The van der Waals surface area contributed by atoms with Crippen LogP contribution in [0.5, 0.6) is 74.7 Å². The van der Waals surface area contributed by atoms with Crippen LogP contribution in [-0.4, -0.2) is 148 Å². The molecule has 0 aliphatic heterocycles. The Labute approximate surface area is 858 Å². The minimum absolute atomic E-state index is 0.0136. The highest BCUT2D eigenvalue weighted by atomic mass is 16.5. The quantitative estimate of drug-likeness (QED) is 0.0169. The Morgan fingerprint density at radius 1 is 0.248 bits per heavy atom. The predicted molar refractivity (Wildman–Crippen MR) is 567 cm³/mol. The zero-order chi connectivity index (χ0) is 106. The number of aliphatic hydroxyl groups is 1. The number of methoxy groups -OCH3 is 2. The third-order valence-corrected chi connectivity index (χ3v) is 22.9.